The number of aromatic carboxylic acids is 1. The molecule has 0 saturated heterocycles. The van der Waals surface area contributed by atoms with Gasteiger partial charge in [-0.2, -0.15) is 0 Å². The van der Waals surface area contributed by atoms with Gasteiger partial charge in [-0.15, -0.1) is 0 Å². The number of hydrogen-bond acceptors (Lipinski definition) is 6. The first-order valence-electron chi connectivity index (χ1n) is 5.67. The Labute approximate surface area is 117 Å². The summed E-state index contributed by atoms with van der Waals surface area (Å²) in [5.74, 6) is -0.980. The molecule has 0 amide bonds. The van der Waals surface area contributed by atoms with Gasteiger partial charge in [0.1, 0.15) is 11.4 Å². The van der Waals surface area contributed by atoms with Gasteiger partial charge in [0.25, 0.3) is 0 Å². The Morgan fingerprint density at radius 2 is 1.90 bits per heavy atom. The third-order valence-corrected chi connectivity index (χ3v) is 3.49. The number of aromatic nitrogens is 4. The highest BCUT2D eigenvalue weighted by Crippen LogP contribution is 2.28. The highest BCUT2D eigenvalue weighted by molar-refractivity contribution is 7.99. The summed E-state index contributed by atoms with van der Waals surface area (Å²) >= 11 is 1.31. The average Bonchev–Trinajstić information content (AvgIpc) is 2.48. The van der Waals surface area contributed by atoms with E-state index in [1.165, 1.54) is 30.2 Å². The molecule has 0 fully saturated rings. The van der Waals surface area contributed by atoms with Crippen molar-refractivity contribution in [2.75, 3.05) is 0 Å². The summed E-state index contributed by atoms with van der Waals surface area (Å²) in [4.78, 5) is 27.5. The quantitative estimate of drug-likeness (QED) is 0.583. The van der Waals surface area contributed by atoms with E-state index in [4.69, 9.17) is 5.11 Å². The summed E-state index contributed by atoms with van der Waals surface area (Å²) in [7, 11) is 0. The van der Waals surface area contributed by atoms with Crippen molar-refractivity contribution in [3.63, 3.8) is 0 Å². The van der Waals surface area contributed by atoms with Gasteiger partial charge in [0, 0.05) is 17.8 Å². The topological polar surface area (TPSA) is 88.9 Å². The third kappa shape index (κ3) is 2.43. The highest BCUT2D eigenvalue weighted by Gasteiger charge is 2.10. The van der Waals surface area contributed by atoms with Gasteiger partial charge in [0.2, 0.25) is 0 Å². The molecule has 0 bridgehead atoms. The van der Waals surface area contributed by atoms with Crippen molar-refractivity contribution in [1.82, 2.24) is 19.9 Å². The van der Waals surface area contributed by atoms with Crippen LogP contribution in [0.2, 0.25) is 0 Å². The minimum absolute atomic E-state index is 0.197. The van der Waals surface area contributed by atoms with Gasteiger partial charge in [-0.25, -0.2) is 24.7 Å². The maximum atomic E-state index is 11.0. The van der Waals surface area contributed by atoms with Gasteiger partial charge in [0.05, 0.1) is 11.1 Å². The van der Waals surface area contributed by atoms with Crippen LogP contribution in [0.3, 0.4) is 0 Å². The molecule has 0 aliphatic carbocycles. The van der Waals surface area contributed by atoms with E-state index in [0.717, 1.165) is 5.39 Å². The van der Waals surface area contributed by atoms with Gasteiger partial charge < -0.3 is 5.11 Å². The number of hydrogen-bond donors (Lipinski definition) is 1. The number of carboxylic acids is 1. The average molecular weight is 284 g/mol. The fourth-order valence-corrected chi connectivity index (χ4v) is 2.45. The molecule has 1 N–H and O–H groups in total. The standard InChI is InChI=1S/C13H8N4O2S/c18-12(19)8-2-3-9-10(6-8)16-7-17-11(9)20-13-14-4-1-5-15-13/h1-7H,(H,18,19). The highest BCUT2D eigenvalue weighted by atomic mass is 32.2. The zero-order valence-corrected chi connectivity index (χ0v) is 10.9. The van der Waals surface area contributed by atoms with E-state index in [2.05, 4.69) is 19.9 Å². The smallest absolute Gasteiger partial charge is 0.335 e. The number of rotatable bonds is 3. The molecule has 2 heterocycles. The van der Waals surface area contributed by atoms with E-state index in [0.29, 0.717) is 15.7 Å². The normalized spacial score (nSPS) is 10.6. The van der Waals surface area contributed by atoms with E-state index in [1.807, 2.05) is 0 Å². The lowest BCUT2D eigenvalue weighted by Gasteiger charge is -2.04. The van der Waals surface area contributed by atoms with E-state index >= 15 is 0 Å². The molecule has 6 nitrogen and oxygen atoms in total. The summed E-state index contributed by atoms with van der Waals surface area (Å²) < 4.78 is 0. The Morgan fingerprint density at radius 3 is 2.65 bits per heavy atom. The van der Waals surface area contributed by atoms with Crippen molar-refractivity contribution in [2.24, 2.45) is 0 Å². The molecule has 1 aromatic carbocycles. The molecule has 3 rings (SSSR count). The van der Waals surface area contributed by atoms with E-state index in [1.54, 1.807) is 24.5 Å². The molecule has 2 aromatic heterocycles. The molecule has 0 atom stereocenters. The second-order valence-electron chi connectivity index (χ2n) is 3.85. The van der Waals surface area contributed by atoms with Crippen LogP contribution < -0.4 is 0 Å². The van der Waals surface area contributed by atoms with Gasteiger partial charge in [0.15, 0.2) is 5.16 Å². The Kier molecular flexibility index (Phi) is 3.26. The van der Waals surface area contributed by atoms with Crippen LogP contribution in [-0.2, 0) is 0 Å². The minimum Gasteiger partial charge on any atom is -0.478 e. The fraction of sp³-hybridized carbons (Fsp3) is 0. The predicted molar refractivity (Wildman–Crippen MR) is 72.7 cm³/mol. The summed E-state index contributed by atoms with van der Waals surface area (Å²) in [6.07, 6.45) is 4.71. The lowest BCUT2D eigenvalue weighted by Crippen LogP contribution is -1.97. The van der Waals surface area contributed by atoms with Crippen LogP contribution in [-0.4, -0.2) is 31.0 Å². The number of nitrogens with zero attached hydrogens (tertiary/aromatic N) is 4. The molecule has 0 aliphatic rings. The van der Waals surface area contributed by atoms with Gasteiger partial charge >= 0.3 is 5.97 Å². The van der Waals surface area contributed by atoms with Crippen molar-refractivity contribution in [3.8, 4) is 0 Å². The Hall–Kier alpha value is -2.54. The largest absolute Gasteiger partial charge is 0.478 e. The molecule has 0 radical (unpaired) electrons. The van der Waals surface area contributed by atoms with Gasteiger partial charge in [-0.1, -0.05) is 0 Å². The van der Waals surface area contributed by atoms with E-state index in [-0.39, 0.29) is 5.56 Å². The van der Waals surface area contributed by atoms with Gasteiger partial charge in [-0.05, 0) is 36.0 Å². The number of benzene rings is 1. The Morgan fingerprint density at radius 1 is 1.10 bits per heavy atom. The summed E-state index contributed by atoms with van der Waals surface area (Å²) in [6, 6.07) is 6.49. The Balaban J connectivity index is 2.06. The molecule has 0 aliphatic heterocycles. The van der Waals surface area contributed by atoms with Crippen molar-refractivity contribution in [2.45, 2.75) is 10.2 Å². The lowest BCUT2D eigenvalue weighted by molar-refractivity contribution is 0.0697. The van der Waals surface area contributed by atoms with Crippen LogP contribution >= 0.6 is 11.8 Å². The first kappa shape index (κ1) is 12.5. The zero-order valence-electron chi connectivity index (χ0n) is 10.1. The van der Waals surface area contributed by atoms with Crippen LogP contribution in [0.4, 0.5) is 0 Å². The third-order valence-electron chi connectivity index (χ3n) is 2.58. The molecular formula is C13H8N4O2S. The second-order valence-corrected chi connectivity index (χ2v) is 4.81. The molecule has 3 aromatic rings. The molecule has 98 valence electrons. The lowest BCUT2D eigenvalue weighted by atomic mass is 10.1. The summed E-state index contributed by atoms with van der Waals surface area (Å²) in [5.41, 5.74) is 0.779. The second kappa shape index (κ2) is 5.22. The predicted octanol–water partition coefficient (Wildman–Crippen LogP) is 2.27. The maximum absolute atomic E-state index is 11.0. The zero-order chi connectivity index (χ0) is 13.9. The van der Waals surface area contributed by atoms with Crippen LogP contribution in [0.15, 0.2) is 53.2 Å². The number of carbonyl (C=O) groups is 1. The van der Waals surface area contributed by atoms with Crippen LogP contribution in [0, 0.1) is 0 Å². The molecule has 20 heavy (non-hydrogen) atoms. The van der Waals surface area contributed by atoms with Crippen LogP contribution in [0.25, 0.3) is 10.9 Å². The van der Waals surface area contributed by atoms with E-state index < -0.39 is 5.97 Å². The summed E-state index contributed by atoms with van der Waals surface area (Å²) in [6.45, 7) is 0. The molecule has 0 saturated carbocycles. The van der Waals surface area contributed by atoms with Crippen LogP contribution in [0.5, 0.6) is 0 Å². The first-order chi connectivity index (χ1) is 9.74. The van der Waals surface area contributed by atoms with Gasteiger partial charge in [-0.3, -0.25) is 0 Å². The van der Waals surface area contributed by atoms with Crippen LogP contribution in [0.1, 0.15) is 10.4 Å². The number of fused-ring (bicyclic) bond motifs is 1. The van der Waals surface area contributed by atoms with Crippen molar-refractivity contribution in [1.29, 1.82) is 0 Å². The SMILES string of the molecule is O=C(O)c1ccc2c(Sc3ncccn3)ncnc2c1. The monoisotopic (exact) mass is 284 g/mol. The number of carboxylic acid groups (broad SMARTS) is 1. The molecule has 0 spiro atoms. The summed E-state index contributed by atoms with van der Waals surface area (Å²) in [5, 5.41) is 11.0. The first-order valence-corrected chi connectivity index (χ1v) is 6.48. The maximum Gasteiger partial charge on any atom is 0.335 e. The molecule has 7 heteroatoms. The minimum atomic E-state index is -0.980. The molecule has 0 unspecified atom stereocenters. The van der Waals surface area contributed by atoms with Crippen molar-refractivity contribution in [3.05, 3.63) is 48.5 Å². The fourth-order valence-electron chi connectivity index (χ4n) is 1.67. The Bertz CT molecular complexity index is 780. The van der Waals surface area contributed by atoms with E-state index in [9.17, 15) is 4.79 Å². The van der Waals surface area contributed by atoms with Crippen molar-refractivity contribution < 1.29 is 9.90 Å². The van der Waals surface area contributed by atoms with Crippen molar-refractivity contribution >= 4 is 28.6 Å². The molecular weight excluding hydrogens is 276 g/mol.